The van der Waals surface area contributed by atoms with Crippen molar-refractivity contribution in [1.82, 2.24) is 0 Å². The molecule has 12 aliphatic carbocycles. The Kier molecular flexibility index (Phi) is 5.61. The van der Waals surface area contributed by atoms with Gasteiger partial charge in [0.05, 0.1) is 19.8 Å². The summed E-state index contributed by atoms with van der Waals surface area (Å²) in [6, 6.07) is 0. The maximum absolute atomic E-state index is 6.87. The van der Waals surface area contributed by atoms with Gasteiger partial charge in [-0.15, -0.1) is 0 Å². The van der Waals surface area contributed by atoms with Gasteiger partial charge in [-0.3, -0.25) is 0 Å². The molecule has 0 aromatic rings. The zero-order valence-corrected chi connectivity index (χ0v) is 24.1. The van der Waals surface area contributed by atoms with Gasteiger partial charge in [0.1, 0.15) is 0 Å². The second-order valence-corrected chi connectivity index (χ2v) is 18.5. The molecule has 0 radical (unpaired) electrons. The van der Waals surface area contributed by atoms with E-state index < -0.39 is 8.60 Å². The summed E-state index contributed by atoms with van der Waals surface area (Å²) in [5, 5.41) is 0. The molecule has 0 aliphatic heterocycles. The van der Waals surface area contributed by atoms with Crippen molar-refractivity contribution in [2.75, 3.05) is 19.8 Å². The van der Waals surface area contributed by atoms with E-state index in [4.69, 9.17) is 13.6 Å². The first-order valence-corrected chi connectivity index (χ1v) is 17.8. The Morgan fingerprint density at radius 1 is 0.351 bits per heavy atom. The lowest BCUT2D eigenvalue weighted by Gasteiger charge is -2.57. The summed E-state index contributed by atoms with van der Waals surface area (Å²) in [6.45, 7) is 2.76. The van der Waals surface area contributed by atoms with Crippen LogP contribution in [-0.4, -0.2) is 19.8 Å². The highest BCUT2D eigenvalue weighted by Gasteiger charge is 2.54. The molecule has 206 valence electrons. The first-order chi connectivity index (χ1) is 18.0. The average molecular weight is 527 g/mol. The third kappa shape index (κ3) is 4.33. The maximum atomic E-state index is 6.87. The summed E-state index contributed by atoms with van der Waals surface area (Å²) in [7, 11) is -1.22. The van der Waals surface area contributed by atoms with Crippen molar-refractivity contribution >= 4 is 8.60 Å². The molecule has 12 fully saturated rings. The minimum Gasteiger partial charge on any atom is -0.312 e. The number of hydrogen-bond donors (Lipinski definition) is 0. The van der Waals surface area contributed by atoms with Crippen LogP contribution in [0.3, 0.4) is 0 Å². The van der Waals surface area contributed by atoms with Gasteiger partial charge in [0.25, 0.3) is 0 Å². The molecule has 0 unspecified atom stereocenters. The van der Waals surface area contributed by atoms with Gasteiger partial charge < -0.3 is 13.6 Å². The predicted molar refractivity (Wildman–Crippen MR) is 147 cm³/mol. The van der Waals surface area contributed by atoms with Crippen molar-refractivity contribution in [3.8, 4) is 0 Å². The van der Waals surface area contributed by atoms with E-state index in [1.807, 2.05) is 0 Å². The van der Waals surface area contributed by atoms with Crippen molar-refractivity contribution in [2.45, 2.75) is 116 Å². The Morgan fingerprint density at radius 2 is 0.541 bits per heavy atom. The molecule has 0 saturated heterocycles. The summed E-state index contributed by atoms with van der Waals surface area (Å²) in [5.41, 5.74) is 1.34. The highest BCUT2D eigenvalue weighted by molar-refractivity contribution is 7.41. The third-order valence-electron chi connectivity index (χ3n) is 13.9. The average Bonchev–Trinajstić information content (AvgIpc) is 2.81. The second-order valence-electron chi connectivity index (χ2n) is 17.3. The van der Waals surface area contributed by atoms with Gasteiger partial charge in [0.15, 0.2) is 0 Å². The zero-order chi connectivity index (χ0) is 24.2. The van der Waals surface area contributed by atoms with Crippen LogP contribution in [0, 0.1) is 69.5 Å². The normalized spacial score (nSPS) is 56.9. The van der Waals surface area contributed by atoms with Crippen molar-refractivity contribution in [3.05, 3.63) is 0 Å². The maximum Gasteiger partial charge on any atom is 0.332 e. The van der Waals surface area contributed by atoms with Crippen LogP contribution in [0.4, 0.5) is 0 Å². The van der Waals surface area contributed by atoms with Crippen LogP contribution in [0.5, 0.6) is 0 Å². The van der Waals surface area contributed by atoms with E-state index in [-0.39, 0.29) is 0 Å². The summed E-state index contributed by atoms with van der Waals surface area (Å²) < 4.78 is 20.6. The summed E-state index contributed by atoms with van der Waals surface area (Å²) in [6.07, 6.45) is 26.4. The van der Waals surface area contributed by atoms with Crippen LogP contribution in [0.25, 0.3) is 0 Å². The van der Waals surface area contributed by atoms with Crippen LogP contribution in [0.15, 0.2) is 0 Å². The van der Waals surface area contributed by atoms with E-state index in [1.54, 1.807) is 0 Å². The van der Waals surface area contributed by atoms with Gasteiger partial charge in [0, 0.05) is 0 Å². The van der Waals surface area contributed by atoms with Crippen molar-refractivity contribution in [3.63, 3.8) is 0 Å². The highest BCUT2D eigenvalue weighted by atomic mass is 31.2. The molecule has 0 N–H and O–H groups in total. The number of hydrogen-bond acceptors (Lipinski definition) is 3. The molecule has 12 saturated carbocycles. The van der Waals surface area contributed by atoms with Crippen molar-refractivity contribution < 1.29 is 13.6 Å². The summed E-state index contributed by atoms with van der Waals surface area (Å²) >= 11 is 0. The van der Waals surface area contributed by atoms with Gasteiger partial charge in [-0.05, 0) is 185 Å². The molecule has 0 amide bonds. The SMILES string of the molecule is C1C2CC3CC1CC(COP(OCC14CC5CC(CC(C5)C1)C4)OCC14CC5CC(CC(C5)C1)C4)(C2)C3. The second kappa shape index (κ2) is 8.66. The molecule has 12 bridgehead atoms. The Labute approximate surface area is 226 Å². The van der Waals surface area contributed by atoms with E-state index >= 15 is 0 Å². The molecule has 12 rings (SSSR count). The lowest BCUT2D eigenvalue weighted by atomic mass is 9.50. The minimum atomic E-state index is -1.22. The largest absolute Gasteiger partial charge is 0.332 e. The first-order valence-electron chi connectivity index (χ1n) is 16.7. The quantitative estimate of drug-likeness (QED) is 0.281. The van der Waals surface area contributed by atoms with Crippen LogP contribution < -0.4 is 0 Å². The van der Waals surface area contributed by atoms with Gasteiger partial charge in [0.2, 0.25) is 0 Å². The molecular formula is C33H51O3P. The molecule has 0 aromatic carbocycles. The monoisotopic (exact) mass is 526 g/mol. The third-order valence-corrected chi connectivity index (χ3v) is 14.9. The summed E-state index contributed by atoms with van der Waals surface area (Å²) in [5.74, 6) is 8.89. The highest BCUT2D eigenvalue weighted by Crippen LogP contribution is 2.65. The topological polar surface area (TPSA) is 27.7 Å². The van der Waals surface area contributed by atoms with Crippen LogP contribution >= 0.6 is 8.60 Å². The Morgan fingerprint density at radius 3 is 0.730 bits per heavy atom. The molecule has 4 heteroatoms. The van der Waals surface area contributed by atoms with E-state index in [0.29, 0.717) is 16.2 Å². The van der Waals surface area contributed by atoms with Crippen molar-refractivity contribution in [2.24, 2.45) is 69.5 Å². The molecule has 37 heavy (non-hydrogen) atoms. The molecule has 0 heterocycles. The Balaban J connectivity index is 0.899. The molecule has 3 nitrogen and oxygen atoms in total. The van der Waals surface area contributed by atoms with E-state index in [9.17, 15) is 0 Å². The standard InChI is InChI=1S/C33H51O3P/c1-22-2-24-3-23(1)11-31(10-22,12-24)19-34-37(35-20-32-13-25-4-26(14-32)6-27(5-25)15-32)36-21-33-16-28-7-29(17-33)9-30(8-28)18-33/h22-30H,1-21H2. The molecule has 0 aromatic heterocycles. The Bertz CT molecular complexity index is 678. The van der Waals surface area contributed by atoms with Crippen LogP contribution in [0.1, 0.15) is 116 Å². The van der Waals surface area contributed by atoms with Gasteiger partial charge in [-0.2, -0.15) is 0 Å². The molecule has 0 spiro atoms. The fourth-order valence-electron chi connectivity index (χ4n) is 14.1. The van der Waals surface area contributed by atoms with Crippen LogP contribution in [0.2, 0.25) is 0 Å². The number of rotatable bonds is 9. The van der Waals surface area contributed by atoms with Gasteiger partial charge in [-0.1, -0.05) is 0 Å². The van der Waals surface area contributed by atoms with Gasteiger partial charge >= 0.3 is 8.60 Å². The fourth-order valence-corrected chi connectivity index (χ4v) is 15.4. The summed E-state index contributed by atoms with van der Waals surface area (Å²) in [4.78, 5) is 0. The van der Waals surface area contributed by atoms with Crippen molar-refractivity contribution in [1.29, 1.82) is 0 Å². The molecular weight excluding hydrogens is 475 g/mol. The lowest BCUT2D eigenvalue weighted by molar-refractivity contribution is -0.0976. The van der Waals surface area contributed by atoms with Gasteiger partial charge in [-0.25, -0.2) is 0 Å². The zero-order valence-electron chi connectivity index (χ0n) is 23.2. The predicted octanol–water partition coefficient (Wildman–Crippen LogP) is 8.91. The van der Waals surface area contributed by atoms with E-state index in [0.717, 1.165) is 73.1 Å². The minimum absolute atomic E-state index is 0.448. The smallest absolute Gasteiger partial charge is 0.312 e. The molecule has 0 atom stereocenters. The fraction of sp³-hybridized carbons (Fsp3) is 1.00. The molecule has 12 aliphatic rings. The van der Waals surface area contributed by atoms with E-state index in [2.05, 4.69) is 0 Å². The lowest BCUT2D eigenvalue weighted by Crippen LogP contribution is -2.49. The van der Waals surface area contributed by atoms with E-state index in [1.165, 1.54) is 116 Å². The van der Waals surface area contributed by atoms with Crippen LogP contribution in [-0.2, 0) is 13.6 Å². The Hall–Kier alpha value is 0.310. The first kappa shape index (κ1) is 24.0.